The number of hydrogen-bond donors (Lipinski definition) is 0. The highest BCUT2D eigenvalue weighted by Gasteiger charge is 2.07. The van der Waals surface area contributed by atoms with E-state index in [1.54, 1.807) is 0 Å². The molecule has 0 amide bonds. The number of aromatic nitrogens is 1. The summed E-state index contributed by atoms with van der Waals surface area (Å²) in [6.07, 6.45) is 2.53. The first kappa shape index (κ1) is 19.6. The number of pyridine rings is 1. The average Bonchev–Trinajstić information content (AvgIpc) is 2.68. The quantitative estimate of drug-likeness (QED) is 0.302. The lowest BCUT2D eigenvalue weighted by Crippen LogP contribution is -1.93. The summed E-state index contributed by atoms with van der Waals surface area (Å²) in [6.45, 7) is 4.42. The van der Waals surface area contributed by atoms with Crippen molar-refractivity contribution < 1.29 is 4.39 Å². The Morgan fingerprint density at radius 2 is 1.61 bits per heavy atom. The topological polar surface area (TPSA) is 25.2 Å². The molecule has 0 saturated carbocycles. The van der Waals surface area contributed by atoms with Gasteiger partial charge in [0.25, 0.3) is 0 Å². The Bertz CT molecular complexity index is 1070. The molecule has 2 aromatic carbocycles. The van der Waals surface area contributed by atoms with E-state index in [9.17, 15) is 4.39 Å². The fraction of sp³-hybridized carbons (Fsp3) is 0.167. The van der Waals surface area contributed by atoms with Crippen LogP contribution in [0.15, 0.2) is 65.8 Å². The van der Waals surface area contributed by atoms with E-state index >= 15 is 0 Å². The third-order valence-electron chi connectivity index (χ3n) is 4.11. The normalized spacial score (nSPS) is 10.1. The smallest absolute Gasteiger partial charge is 0.151 e. The van der Waals surface area contributed by atoms with Crippen LogP contribution in [0.1, 0.15) is 30.5 Å². The van der Waals surface area contributed by atoms with Crippen LogP contribution >= 0.6 is 12.2 Å². The molecule has 2 nitrogen and oxygen atoms in total. The molecule has 0 unspecified atom stereocenters. The number of isothiocyanates is 1. The highest BCUT2D eigenvalue weighted by molar-refractivity contribution is 7.78. The van der Waals surface area contributed by atoms with Gasteiger partial charge in [-0.25, -0.2) is 4.39 Å². The summed E-state index contributed by atoms with van der Waals surface area (Å²) in [5, 5.41) is 2.20. The van der Waals surface area contributed by atoms with Crippen LogP contribution in [0.25, 0.3) is 11.3 Å². The highest BCUT2D eigenvalue weighted by Crippen LogP contribution is 2.23. The van der Waals surface area contributed by atoms with Crippen molar-refractivity contribution in [1.29, 1.82) is 0 Å². The lowest BCUT2D eigenvalue weighted by Gasteiger charge is -2.04. The summed E-state index contributed by atoms with van der Waals surface area (Å²) < 4.78 is 14.2. The molecule has 0 N–H and O–H groups in total. The van der Waals surface area contributed by atoms with E-state index < -0.39 is 5.82 Å². The van der Waals surface area contributed by atoms with E-state index in [0.717, 1.165) is 17.5 Å². The predicted octanol–water partition coefficient (Wildman–Crippen LogP) is 6.22. The average molecular weight is 386 g/mol. The van der Waals surface area contributed by atoms with E-state index in [0.29, 0.717) is 17.2 Å². The highest BCUT2D eigenvalue weighted by atomic mass is 32.1. The van der Waals surface area contributed by atoms with E-state index in [1.807, 2.05) is 36.4 Å². The van der Waals surface area contributed by atoms with Gasteiger partial charge in [0, 0.05) is 22.8 Å². The maximum Gasteiger partial charge on any atom is 0.151 e. The van der Waals surface area contributed by atoms with Crippen LogP contribution in [0.3, 0.4) is 0 Å². The molecule has 0 radical (unpaired) electrons. The van der Waals surface area contributed by atoms with Crippen molar-refractivity contribution in [2.75, 3.05) is 0 Å². The first-order valence-corrected chi connectivity index (χ1v) is 9.41. The first-order chi connectivity index (χ1) is 13.5. The van der Waals surface area contributed by atoms with Gasteiger partial charge in [-0.2, -0.15) is 4.99 Å². The number of thiocarbonyl (C=S) groups is 1. The van der Waals surface area contributed by atoms with Gasteiger partial charge in [-0.1, -0.05) is 50.0 Å². The standard InChI is InChI=1S/C24H19FN2S/c1-17(2)13-20-7-5-18(6-8-20)3-4-19-9-11-21(12-10-19)24-23(25)14-22(15-26-24)27-16-28/h5-12,14-15,17H,13H2,1-2H3. The molecular weight excluding hydrogens is 367 g/mol. The molecule has 1 heterocycles. The van der Waals surface area contributed by atoms with Crippen molar-refractivity contribution in [3.05, 3.63) is 83.3 Å². The monoisotopic (exact) mass is 386 g/mol. The van der Waals surface area contributed by atoms with Gasteiger partial charge in [-0.15, -0.1) is 0 Å². The fourth-order valence-corrected chi connectivity index (χ4v) is 2.91. The van der Waals surface area contributed by atoms with Gasteiger partial charge in [-0.3, -0.25) is 4.98 Å². The Kier molecular flexibility index (Phi) is 6.45. The molecule has 0 aliphatic carbocycles. The molecule has 28 heavy (non-hydrogen) atoms. The van der Waals surface area contributed by atoms with Crippen molar-refractivity contribution >= 4 is 23.1 Å². The third kappa shape index (κ3) is 5.20. The van der Waals surface area contributed by atoms with Crippen molar-refractivity contribution in [3.8, 4) is 23.1 Å². The number of halogens is 1. The molecular formula is C24H19FN2S. The van der Waals surface area contributed by atoms with E-state index in [1.165, 1.54) is 17.8 Å². The van der Waals surface area contributed by atoms with Crippen molar-refractivity contribution in [1.82, 2.24) is 4.98 Å². The number of benzene rings is 2. The van der Waals surface area contributed by atoms with Gasteiger partial charge in [0.2, 0.25) is 0 Å². The molecule has 0 atom stereocenters. The van der Waals surface area contributed by atoms with Crippen LogP contribution in [-0.2, 0) is 6.42 Å². The molecule has 0 spiro atoms. The van der Waals surface area contributed by atoms with Crippen molar-refractivity contribution in [3.63, 3.8) is 0 Å². The van der Waals surface area contributed by atoms with Crippen LogP contribution in [-0.4, -0.2) is 10.1 Å². The van der Waals surface area contributed by atoms with Gasteiger partial charge < -0.3 is 0 Å². The lowest BCUT2D eigenvalue weighted by molar-refractivity contribution is 0.626. The summed E-state index contributed by atoms with van der Waals surface area (Å²) in [7, 11) is 0. The summed E-state index contributed by atoms with van der Waals surface area (Å²) >= 11 is 4.52. The SMILES string of the molecule is CC(C)Cc1ccc(C#Cc2ccc(-c3ncc(N=C=S)cc3F)cc2)cc1. The van der Waals surface area contributed by atoms with Crippen LogP contribution in [0.4, 0.5) is 10.1 Å². The maximum absolute atomic E-state index is 14.2. The Labute approximate surface area is 170 Å². The Balaban J connectivity index is 1.75. The van der Waals surface area contributed by atoms with Crippen LogP contribution in [0, 0.1) is 23.6 Å². The molecule has 0 saturated heterocycles. The molecule has 138 valence electrons. The first-order valence-electron chi connectivity index (χ1n) is 9.00. The molecule has 3 rings (SSSR count). The number of aliphatic imine (C=N–C) groups is 1. The van der Waals surface area contributed by atoms with E-state index in [2.05, 4.69) is 65.2 Å². The molecule has 0 bridgehead atoms. The molecule has 0 fully saturated rings. The number of nitrogens with zero attached hydrogens (tertiary/aromatic N) is 2. The minimum Gasteiger partial charge on any atom is -0.251 e. The molecule has 0 aliphatic rings. The summed E-state index contributed by atoms with van der Waals surface area (Å²) in [5.74, 6) is 6.49. The Morgan fingerprint density at radius 1 is 1.00 bits per heavy atom. The third-order valence-corrected chi connectivity index (χ3v) is 4.20. The Hall–Kier alpha value is -3.12. The summed E-state index contributed by atoms with van der Waals surface area (Å²) in [6, 6.07) is 17.0. The van der Waals surface area contributed by atoms with Crippen LogP contribution < -0.4 is 0 Å². The van der Waals surface area contributed by atoms with Gasteiger partial charge in [-0.05, 0) is 54.4 Å². The van der Waals surface area contributed by atoms with Gasteiger partial charge in [0.1, 0.15) is 5.69 Å². The van der Waals surface area contributed by atoms with Crippen molar-refractivity contribution in [2.45, 2.75) is 20.3 Å². The van der Waals surface area contributed by atoms with Crippen molar-refractivity contribution in [2.24, 2.45) is 10.9 Å². The fourth-order valence-electron chi connectivity index (χ4n) is 2.81. The zero-order chi connectivity index (χ0) is 19.9. The second-order valence-corrected chi connectivity index (χ2v) is 7.03. The summed E-state index contributed by atoms with van der Waals surface area (Å²) in [5.41, 5.74) is 4.44. The largest absolute Gasteiger partial charge is 0.251 e. The van der Waals surface area contributed by atoms with Gasteiger partial charge >= 0.3 is 0 Å². The number of rotatable bonds is 4. The van der Waals surface area contributed by atoms with E-state index in [-0.39, 0.29) is 5.69 Å². The minimum absolute atomic E-state index is 0.267. The second-order valence-electron chi connectivity index (χ2n) is 6.85. The van der Waals surface area contributed by atoms with Gasteiger partial charge in [0.05, 0.1) is 17.0 Å². The number of hydrogen-bond acceptors (Lipinski definition) is 3. The maximum atomic E-state index is 14.2. The van der Waals surface area contributed by atoms with E-state index in [4.69, 9.17) is 0 Å². The molecule has 3 aromatic rings. The predicted molar refractivity (Wildman–Crippen MR) is 115 cm³/mol. The van der Waals surface area contributed by atoms with Crippen LogP contribution in [0.2, 0.25) is 0 Å². The second kappa shape index (κ2) is 9.19. The molecule has 1 aromatic heterocycles. The summed E-state index contributed by atoms with van der Waals surface area (Å²) in [4.78, 5) is 7.86. The molecule has 4 heteroatoms. The molecule has 0 aliphatic heterocycles. The van der Waals surface area contributed by atoms with Crippen LogP contribution in [0.5, 0.6) is 0 Å². The minimum atomic E-state index is -0.452. The lowest BCUT2D eigenvalue weighted by atomic mass is 10.0. The Morgan fingerprint density at radius 3 is 2.14 bits per heavy atom. The zero-order valence-corrected chi connectivity index (χ0v) is 16.6. The zero-order valence-electron chi connectivity index (χ0n) is 15.7. The van der Waals surface area contributed by atoms with Gasteiger partial charge in [0.15, 0.2) is 5.82 Å².